The van der Waals surface area contributed by atoms with E-state index < -0.39 is 6.10 Å². The van der Waals surface area contributed by atoms with Gasteiger partial charge in [0.1, 0.15) is 5.82 Å². The molecule has 2 aromatic heterocycles. The van der Waals surface area contributed by atoms with Crippen LogP contribution < -0.4 is 5.69 Å². The van der Waals surface area contributed by atoms with Crippen molar-refractivity contribution in [2.45, 2.75) is 19.4 Å². The van der Waals surface area contributed by atoms with Gasteiger partial charge in [-0.1, -0.05) is 0 Å². The van der Waals surface area contributed by atoms with Crippen LogP contribution in [0.5, 0.6) is 0 Å². The molecule has 2 aromatic rings. The van der Waals surface area contributed by atoms with E-state index in [2.05, 4.69) is 15.0 Å². The zero-order chi connectivity index (χ0) is 11.7. The number of fused-ring (bicyclic) bond motifs is 1. The molecule has 0 fully saturated rings. The quantitative estimate of drug-likeness (QED) is 0.596. The van der Waals surface area contributed by atoms with Crippen LogP contribution in [0.2, 0.25) is 0 Å². The molecule has 7 nitrogen and oxygen atoms in total. The highest BCUT2D eigenvalue weighted by molar-refractivity contribution is 5.44. The lowest BCUT2D eigenvalue weighted by Crippen LogP contribution is -2.18. The Bertz CT molecular complexity index is 559. The molecule has 0 aliphatic rings. The number of aliphatic hydroxyl groups is 2. The second-order valence-corrected chi connectivity index (χ2v) is 3.51. The molecule has 0 radical (unpaired) electrons. The van der Waals surface area contributed by atoms with E-state index in [1.54, 1.807) is 6.92 Å². The van der Waals surface area contributed by atoms with Crippen molar-refractivity contribution < 1.29 is 10.2 Å². The van der Waals surface area contributed by atoms with E-state index in [0.29, 0.717) is 17.2 Å². The predicted molar refractivity (Wildman–Crippen MR) is 55.1 cm³/mol. The fourth-order valence-corrected chi connectivity index (χ4v) is 1.59. The molecule has 7 heteroatoms. The zero-order valence-corrected chi connectivity index (χ0v) is 8.71. The Labute approximate surface area is 90.4 Å². The summed E-state index contributed by atoms with van der Waals surface area (Å²) in [7, 11) is 0. The van der Waals surface area contributed by atoms with Crippen molar-refractivity contribution in [1.29, 1.82) is 0 Å². The number of H-pyrrole nitrogens is 1. The third-order valence-electron chi connectivity index (χ3n) is 2.31. The van der Waals surface area contributed by atoms with Crippen LogP contribution in [0.25, 0.3) is 5.65 Å². The average molecular weight is 224 g/mol. The number of nitrogens with one attached hydrogen (secondary N) is 1. The average Bonchev–Trinajstić information content (AvgIpc) is 2.57. The fourth-order valence-electron chi connectivity index (χ4n) is 1.59. The van der Waals surface area contributed by atoms with Gasteiger partial charge >= 0.3 is 5.69 Å². The van der Waals surface area contributed by atoms with Crippen molar-refractivity contribution in [2.24, 2.45) is 0 Å². The summed E-state index contributed by atoms with van der Waals surface area (Å²) in [5.74, 6) is 0.504. The third-order valence-corrected chi connectivity index (χ3v) is 2.31. The summed E-state index contributed by atoms with van der Waals surface area (Å²) < 4.78 is 1.33. The lowest BCUT2D eigenvalue weighted by molar-refractivity contribution is 0.0950. The molecule has 0 amide bonds. The lowest BCUT2D eigenvalue weighted by atomic mass is 10.2. The van der Waals surface area contributed by atoms with Crippen molar-refractivity contribution >= 4 is 5.65 Å². The number of imidazole rings is 1. The minimum atomic E-state index is -0.890. The molecular weight excluding hydrogens is 212 g/mol. The summed E-state index contributed by atoms with van der Waals surface area (Å²) >= 11 is 0. The molecule has 3 N–H and O–H groups in total. The van der Waals surface area contributed by atoms with E-state index in [1.807, 2.05) is 0 Å². The monoisotopic (exact) mass is 224 g/mol. The summed E-state index contributed by atoms with van der Waals surface area (Å²) in [4.78, 5) is 22.1. The van der Waals surface area contributed by atoms with Crippen LogP contribution in [-0.4, -0.2) is 42.3 Å². The molecule has 0 bridgehead atoms. The third kappa shape index (κ3) is 1.70. The van der Waals surface area contributed by atoms with Gasteiger partial charge in [-0.2, -0.15) is 0 Å². The molecule has 0 aliphatic heterocycles. The number of aromatic amines is 1. The first kappa shape index (κ1) is 10.8. The van der Waals surface area contributed by atoms with Gasteiger partial charge in [0.05, 0.1) is 24.7 Å². The highest BCUT2D eigenvalue weighted by Gasteiger charge is 2.14. The van der Waals surface area contributed by atoms with Gasteiger partial charge in [0.15, 0.2) is 5.65 Å². The van der Waals surface area contributed by atoms with E-state index in [1.165, 1.54) is 10.7 Å². The van der Waals surface area contributed by atoms with Gasteiger partial charge in [0, 0.05) is 6.42 Å². The summed E-state index contributed by atoms with van der Waals surface area (Å²) in [6.45, 7) is 1.33. The predicted octanol–water partition coefficient (Wildman–Crippen LogP) is -1.38. The van der Waals surface area contributed by atoms with Gasteiger partial charge in [-0.05, 0) is 6.92 Å². The van der Waals surface area contributed by atoms with Crippen LogP contribution in [0, 0.1) is 6.92 Å². The number of aliphatic hydroxyl groups excluding tert-OH is 2. The Kier molecular flexibility index (Phi) is 2.71. The standard InChI is InChI=1S/C9H12N4O3/c1-5-12-7(2-6(15)3-14)8-10-4-11-9(16)13(5)8/h4,6,14-15H,2-3H2,1H3,(H,10,11,16). The Morgan fingerprint density at radius 2 is 2.38 bits per heavy atom. The number of nitrogens with zero attached hydrogens (tertiary/aromatic N) is 3. The zero-order valence-electron chi connectivity index (χ0n) is 8.71. The van der Waals surface area contributed by atoms with Gasteiger partial charge in [-0.3, -0.25) is 4.98 Å². The van der Waals surface area contributed by atoms with E-state index in [0.717, 1.165) is 0 Å². The number of aryl methyl sites for hydroxylation is 1. The summed E-state index contributed by atoms with van der Waals surface area (Å²) in [5.41, 5.74) is 0.596. The first-order valence-electron chi connectivity index (χ1n) is 4.84. The molecule has 0 saturated heterocycles. The van der Waals surface area contributed by atoms with Gasteiger partial charge < -0.3 is 10.2 Å². The fraction of sp³-hybridized carbons (Fsp3) is 0.444. The highest BCUT2D eigenvalue weighted by atomic mass is 16.3. The van der Waals surface area contributed by atoms with Crippen molar-refractivity contribution in [2.75, 3.05) is 6.61 Å². The number of rotatable bonds is 3. The number of hydrogen-bond acceptors (Lipinski definition) is 5. The molecular formula is C9H12N4O3. The maximum Gasteiger partial charge on any atom is 0.333 e. The molecule has 0 aromatic carbocycles. The SMILES string of the molecule is Cc1nc(CC(O)CO)c2nc[nH]c(=O)n12. The Hall–Kier alpha value is -1.73. The van der Waals surface area contributed by atoms with Crippen molar-refractivity contribution in [3.05, 3.63) is 28.3 Å². The summed E-state index contributed by atoms with van der Waals surface area (Å²) in [6, 6.07) is 0. The topological polar surface area (TPSA) is 104 Å². The first-order valence-corrected chi connectivity index (χ1v) is 4.84. The van der Waals surface area contributed by atoms with Gasteiger partial charge in [-0.15, -0.1) is 0 Å². The molecule has 2 heterocycles. The number of aromatic nitrogens is 4. The molecule has 1 atom stereocenters. The Morgan fingerprint density at radius 1 is 1.62 bits per heavy atom. The van der Waals surface area contributed by atoms with Gasteiger partial charge in [-0.25, -0.2) is 19.2 Å². The van der Waals surface area contributed by atoms with Gasteiger partial charge in [0.2, 0.25) is 0 Å². The normalized spacial score (nSPS) is 13.2. The second-order valence-electron chi connectivity index (χ2n) is 3.51. The molecule has 16 heavy (non-hydrogen) atoms. The minimum absolute atomic E-state index is 0.171. The summed E-state index contributed by atoms with van der Waals surface area (Å²) in [6.07, 6.45) is 0.567. The Morgan fingerprint density at radius 3 is 3.06 bits per heavy atom. The summed E-state index contributed by atoms with van der Waals surface area (Å²) in [5, 5.41) is 18.1. The van der Waals surface area contributed by atoms with Crippen LogP contribution in [-0.2, 0) is 6.42 Å². The van der Waals surface area contributed by atoms with Crippen LogP contribution in [0.4, 0.5) is 0 Å². The van der Waals surface area contributed by atoms with Crippen LogP contribution >= 0.6 is 0 Å². The van der Waals surface area contributed by atoms with E-state index in [-0.39, 0.29) is 18.7 Å². The molecule has 0 spiro atoms. The lowest BCUT2D eigenvalue weighted by Gasteiger charge is -2.03. The van der Waals surface area contributed by atoms with Crippen LogP contribution in [0.1, 0.15) is 11.5 Å². The minimum Gasteiger partial charge on any atom is -0.394 e. The van der Waals surface area contributed by atoms with E-state index >= 15 is 0 Å². The molecule has 86 valence electrons. The second kappa shape index (κ2) is 4.03. The van der Waals surface area contributed by atoms with E-state index in [4.69, 9.17) is 5.11 Å². The molecule has 0 saturated carbocycles. The maximum absolute atomic E-state index is 11.5. The van der Waals surface area contributed by atoms with Crippen molar-refractivity contribution in [3.8, 4) is 0 Å². The van der Waals surface area contributed by atoms with Crippen LogP contribution in [0.3, 0.4) is 0 Å². The molecule has 0 aliphatic carbocycles. The smallest absolute Gasteiger partial charge is 0.333 e. The highest BCUT2D eigenvalue weighted by Crippen LogP contribution is 2.09. The molecule has 2 rings (SSSR count). The van der Waals surface area contributed by atoms with E-state index in [9.17, 15) is 9.90 Å². The molecule has 1 unspecified atom stereocenters. The van der Waals surface area contributed by atoms with Crippen molar-refractivity contribution in [3.63, 3.8) is 0 Å². The van der Waals surface area contributed by atoms with Crippen molar-refractivity contribution in [1.82, 2.24) is 19.4 Å². The van der Waals surface area contributed by atoms with Crippen LogP contribution in [0.15, 0.2) is 11.1 Å². The number of hydrogen-bond donors (Lipinski definition) is 3. The maximum atomic E-state index is 11.5. The van der Waals surface area contributed by atoms with Gasteiger partial charge in [0.25, 0.3) is 0 Å². The Balaban J connectivity index is 2.56. The first-order chi connectivity index (χ1) is 7.63. The largest absolute Gasteiger partial charge is 0.394 e.